The molecule has 2 aromatic rings. The second-order valence-electron chi connectivity index (χ2n) is 5.18. The first-order valence-electron chi connectivity index (χ1n) is 7.49. The van der Waals surface area contributed by atoms with E-state index in [9.17, 15) is 14.9 Å². The van der Waals surface area contributed by atoms with Gasteiger partial charge < -0.3 is 0 Å². The molecule has 0 spiro atoms. The lowest BCUT2D eigenvalue weighted by Gasteiger charge is -2.05. The molecule has 0 radical (unpaired) electrons. The number of rotatable bonds is 3. The Morgan fingerprint density at radius 1 is 0.880 bits per heavy atom. The summed E-state index contributed by atoms with van der Waals surface area (Å²) in [5, 5.41) is 10.8. The van der Waals surface area contributed by atoms with Gasteiger partial charge in [0.25, 0.3) is 5.69 Å². The number of allylic oxidation sites excluding steroid dienone is 4. The van der Waals surface area contributed by atoms with Crippen LogP contribution in [0.3, 0.4) is 0 Å². The van der Waals surface area contributed by atoms with Crippen LogP contribution in [0.15, 0.2) is 88.9 Å². The summed E-state index contributed by atoms with van der Waals surface area (Å²) in [6, 6.07) is 15.3. The third-order valence-electron chi connectivity index (χ3n) is 3.40. The monoisotopic (exact) mass is 331 g/mol. The molecule has 122 valence electrons. The molecular formula is C19H13N3O3. The number of ketones is 1. The number of nitro benzene ring substituents is 1. The highest BCUT2D eigenvalue weighted by Crippen LogP contribution is 2.19. The van der Waals surface area contributed by atoms with E-state index in [4.69, 9.17) is 0 Å². The molecule has 6 heteroatoms. The Labute approximate surface area is 143 Å². The molecule has 25 heavy (non-hydrogen) atoms. The molecule has 3 rings (SSSR count). The lowest BCUT2D eigenvalue weighted by Crippen LogP contribution is -2.04. The van der Waals surface area contributed by atoms with Gasteiger partial charge in [0, 0.05) is 17.7 Å². The van der Waals surface area contributed by atoms with E-state index in [1.54, 1.807) is 24.3 Å². The van der Waals surface area contributed by atoms with Crippen LogP contribution in [0.1, 0.15) is 5.56 Å². The molecule has 0 fully saturated rings. The molecular weight excluding hydrogens is 318 g/mol. The number of amidine groups is 1. The van der Waals surface area contributed by atoms with Crippen LogP contribution in [-0.2, 0) is 4.79 Å². The lowest BCUT2D eigenvalue weighted by molar-refractivity contribution is -0.384. The highest BCUT2D eigenvalue weighted by molar-refractivity contribution is 6.21. The van der Waals surface area contributed by atoms with Crippen LogP contribution in [0.2, 0.25) is 0 Å². The highest BCUT2D eigenvalue weighted by atomic mass is 16.6. The minimum Gasteiger partial charge on any atom is -0.290 e. The number of hydrogen-bond donors (Lipinski definition) is 0. The first kappa shape index (κ1) is 16.2. The van der Waals surface area contributed by atoms with Crippen LogP contribution in [-0.4, -0.2) is 22.3 Å². The van der Waals surface area contributed by atoms with Gasteiger partial charge in [-0.15, -0.1) is 0 Å². The van der Waals surface area contributed by atoms with Crippen molar-refractivity contribution >= 4 is 28.7 Å². The number of non-ortho nitro benzene ring substituents is 1. The number of carbonyl (C=O) groups excluding carboxylic acids is 1. The second kappa shape index (κ2) is 7.27. The van der Waals surface area contributed by atoms with Gasteiger partial charge in [-0.1, -0.05) is 30.3 Å². The maximum atomic E-state index is 11.2. The summed E-state index contributed by atoms with van der Waals surface area (Å²) in [4.78, 5) is 30.5. The van der Waals surface area contributed by atoms with Crippen molar-refractivity contribution < 1.29 is 9.72 Å². The zero-order valence-corrected chi connectivity index (χ0v) is 13.1. The Bertz CT molecular complexity index is 906. The van der Waals surface area contributed by atoms with Crippen molar-refractivity contribution in [2.45, 2.75) is 0 Å². The maximum Gasteiger partial charge on any atom is 0.269 e. The summed E-state index contributed by atoms with van der Waals surface area (Å²) in [5.74, 6) is 0.362. The molecule has 1 aliphatic carbocycles. The average molecular weight is 331 g/mol. The van der Waals surface area contributed by atoms with Gasteiger partial charge in [-0.05, 0) is 36.4 Å². The Hall–Kier alpha value is -3.67. The van der Waals surface area contributed by atoms with Gasteiger partial charge in [-0.2, -0.15) is 0 Å². The fraction of sp³-hybridized carbons (Fsp3) is 0. The first-order valence-corrected chi connectivity index (χ1v) is 7.49. The zero-order valence-electron chi connectivity index (χ0n) is 13.1. The van der Waals surface area contributed by atoms with Crippen LogP contribution < -0.4 is 0 Å². The van der Waals surface area contributed by atoms with Crippen molar-refractivity contribution in [2.75, 3.05) is 0 Å². The Balaban J connectivity index is 2.01. The van der Waals surface area contributed by atoms with E-state index >= 15 is 0 Å². The fourth-order valence-corrected chi connectivity index (χ4v) is 2.16. The van der Waals surface area contributed by atoms with Crippen molar-refractivity contribution in [1.82, 2.24) is 0 Å². The average Bonchev–Trinajstić information content (AvgIpc) is 2.64. The molecule has 0 unspecified atom stereocenters. The normalized spacial score (nSPS) is 13.8. The second-order valence-corrected chi connectivity index (χ2v) is 5.18. The van der Waals surface area contributed by atoms with E-state index in [1.165, 1.54) is 24.3 Å². The van der Waals surface area contributed by atoms with E-state index in [0.717, 1.165) is 5.56 Å². The SMILES string of the molecule is O=C1C=CC(=NC(=Nc2ccc([N+](=O)[O-])cc2)c2ccccc2)C=C1. The number of aliphatic imine (C=N–C) groups is 2. The summed E-state index contributed by atoms with van der Waals surface area (Å²) in [7, 11) is 0. The van der Waals surface area contributed by atoms with E-state index in [1.807, 2.05) is 30.3 Å². The Morgan fingerprint density at radius 2 is 1.52 bits per heavy atom. The minimum atomic E-state index is -0.458. The van der Waals surface area contributed by atoms with Crippen LogP contribution in [0.25, 0.3) is 0 Å². The molecule has 6 nitrogen and oxygen atoms in total. The van der Waals surface area contributed by atoms with Gasteiger partial charge in [0.05, 0.1) is 16.3 Å². The number of nitrogens with zero attached hydrogens (tertiary/aromatic N) is 3. The predicted molar refractivity (Wildman–Crippen MR) is 96.5 cm³/mol. The van der Waals surface area contributed by atoms with Crippen molar-refractivity contribution in [1.29, 1.82) is 0 Å². The zero-order chi connectivity index (χ0) is 17.6. The molecule has 0 amide bonds. The van der Waals surface area contributed by atoms with E-state index < -0.39 is 4.92 Å². The molecule has 0 atom stereocenters. The van der Waals surface area contributed by atoms with Crippen molar-refractivity contribution in [3.8, 4) is 0 Å². The van der Waals surface area contributed by atoms with Gasteiger partial charge in [0.1, 0.15) is 0 Å². The van der Waals surface area contributed by atoms with Gasteiger partial charge in [0.15, 0.2) is 11.6 Å². The number of hydrogen-bond acceptors (Lipinski definition) is 4. The third kappa shape index (κ3) is 4.20. The summed E-state index contributed by atoms with van der Waals surface area (Å²) >= 11 is 0. The first-order chi connectivity index (χ1) is 12.1. The highest BCUT2D eigenvalue weighted by Gasteiger charge is 2.07. The topological polar surface area (TPSA) is 84.9 Å². The van der Waals surface area contributed by atoms with E-state index in [0.29, 0.717) is 17.2 Å². The predicted octanol–water partition coefficient (Wildman–Crippen LogP) is 3.81. The quantitative estimate of drug-likeness (QED) is 0.282. The van der Waals surface area contributed by atoms with Crippen molar-refractivity contribution in [2.24, 2.45) is 9.98 Å². The smallest absolute Gasteiger partial charge is 0.269 e. The Morgan fingerprint density at radius 3 is 2.12 bits per heavy atom. The van der Waals surface area contributed by atoms with Crippen LogP contribution in [0.5, 0.6) is 0 Å². The number of carbonyl (C=O) groups is 1. The van der Waals surface area contributed by atoms with Crippen molar-refractivity contribution in [3.63, 3.8) is 0 Å². The third-order valence-corrected chi connectivity index (χ3v) is 3.40. The van der Waals surface area contributed by atoms with Crippen LogP contribution in [0.4, 0.5) is 11.4 Å². The lowest BCUT2D eigenvalue weighted by atomic mass is 10.1. The summed E-state index contributed by atoms with van der Waals surface area (Å²) in [6.07, 6.45) is 6.12. The molecule has 0 heterocycles. The van der Waals surface area contributed by atoms with Gasteiger partial charge in [-0.3, -0.25) is 14.9 Å². The molecule has 1 aliphatic rings. The molecule has 0 saturated heterocycles. The standard InChI is InChI=1S/C19H13N3O3/c23-18-12-8-16(9-13-18)21-19(14-4-2-1-3-5-14)20-15-6-10-17(11-7-15)22(24)25/h1-13H. The summed E-state index contributed by atoms with van der Waals surface area (Å²) in [5.41, 5.74) is 1.95. The Kier molecular flexibility index (Phi) is 4.71. The maximum absolute atomic E-state index is 11.2. The van der Waals surface area contributed by atoms with Crippen LogP contribution in [0, 0.1) is 10.1 Å². The van der Waals surface area contributed by atoms with Gasteiger partial charge >= 0.3 is 0 Å². The molecule has 2 aromatic carbocycles. The van der Waals surface area contributed by atoms with Crippen molar-refractivity contribution in [3.05, 3.63) is 94.6 Å². The molecule has 0 aromatic heterocycles. The molecule has 0 N–H and O–H groups in total. The number of benzene rings is 2. The summed E-state index contributed by atoms with van der Waals surface area (Å²) < 4.78 is 0. The fourth-order valence-electron chi connectivity index (χ4n) is 2.16. The molecule has 0 aliphatic heterocycles. The largest absolute Gasteiger partial charge is 0.290 e. The van der Waals surface area contributed by atoms with Gasteiger partial charge in [-0.25, -0.2) is 9.98 Å². The van der Waals surface area contributed by atoms with Gasteiger partial charge in [0.2, 0.25) is 0 Å². The van der Waals surface area contributed by atoms with E-state index in [2.05, 4.69) is 9.98 Å². The van der Waals surface area contributed by atoms with Crippen LogP contribution >= 0.6 is 0 Å². The van der Waals surface area contributed by atoms with E-state index in [-0.39, 0.29) is 11.5 Å². The summed E-state index contributed by atoms with van der Waals surface area (Å²) in [6.45, 7) is 0. The molecule has 0 saturated carbocycles. The molecule has 0 bridgehead atoms. The minimum absolute atomic E-state index is 0.00295. The number of nitro groups is 1.